The number of hydrogen-bond acceptors (Lipinski definition) is 5. The quantitative estimate of drug-likeness (QED) is 0.882. The Hall–Kier alpha value is -2.02. The third-order valence-corrected chi connectivity index (χ3v) is 3.24. The molecule has 1 saturated heterocycles. The van der Waals surface area contributed by atoms with Crippen LogP contribution >= 0.6 is 0 Å². The third-order valence-electron chi connectivity index (χ3n) is 3.24. The van der Waals surface area contributed by atoms with E-state index in [0.29, 0.717) is 18.1 Å². The van der Waals surface area contributed by atoms with Gasteiger partial charge in [0.05, 0.1) is 5.69 Å². The summed E-state index contributed by atoms with van der Waals surface area (Å²) in [6, 6.07) is 0.899. The van der Waals surface area contributed by atoms with Crippen molar-refractivity contribution in [3.05, 3.63) is 23.8 Å². The number of carbonyl (C=O) groups excluding carboxylic acids is 1. The van der Waals surface area contributed by atoms with Gasteiger partial charge in [-0.15, -0.1) is 0 Å². The summed E-state index contributed by atoms with van der Waals surface area (Å²) in [5.41, 5.74) is 0.489. The third kappa shape index (κ3) is 3.36. The lowest BCUT2D eigenvalue weighted by molar-refractivity contribution is -0.174. The number of nitrogens with zero attached hydrogens (tertiary/aromatic N) is 3. The van der Waals surface area contributed by atoms with Gasteiger partial charge < -0.3 is 14.7 Å². The number of aromatic nitrogens is 2. The van der Waals surface area contributed by atoms with Gasteiger partial charge in [0.25, 0.3) is 0 Å². The number of aryl methyl sites for hydroxylation is 1. The molecule has 114 valence electrons. The van der Waals surface area contributed by atoms with Gasteiger partial charge >= 0.3 is 5.97 Å². The first-order valence-electron chi connectivity index (χ1n) is 6.83. The number of amides is 1. The zero-order valence-electron chi connectivity index (χ0n) is 12.3. The molecule has 0 saturated carbocycles. The largest absolute Gasteiger partial charge is 0.479 e. The predicted molar refractivity (Wildman–Crippen MR) is 73.4 cm³/mol. The van der Waals surface area contributed by atoms with Gasteiger partial charge in [-0.1, -0.05) is 13.8 Å². The second-order valence-electron chi connectivity index (χ2n) is 5.48. The van der Waals surface area contributed by atoms with Gasteiger partial charge in [0, 0.05) is 12.7 Å². The molecule has 1 aromatic heterocycles. The van der Waals surface area contributed by atoms with Crippen LogP contribution in [0.4, 0.5) is 0 Å². The van der Waals surface area contributed by atoms with Crippen LogP contribution in [0, 0.1) is 12.8 Å². The molecule has 21 heavy (non-hydrogen) atoms. The second kappa shape index (κ2) is 6.17. The molecule has 2 heterocycles. The molecule has 7 heteroatoms. The van der Waals surface area contributed by atoms with Gasteiger partial charge in [-0.2, -0.15) is 0 Å². The molecular weight excluding hydrogens is 274 g/mol. The highest BCUT2D eigenvalue weighted by Gasteiger charge is 2.42. The Morgan fingerprint density at radius 1 is 1.57 bits per heavy atom. The van der Waals surface area contributed by atoms with E-state index in [1.807, 2.05) is 13.8 Å². The predicted octanol–water partition coefficient (Wildman–Crippen LogP) is 0.794. The lowest BCUT2D eigenvalue weighted by Crippen LogP contribution is -2.53. The zero-order valence-corrected chi connectivity index (χ0v) is 12.3. The van der Waals surface area contributed by atoms with Gasteiger partial charge in [0.2, 0.25) is 5.91 Å². The Bertz CT molecular complexity index is 547. The molecule has 1 N–H and O–H groups in total. The molecule has 0 aromatic carbocycles. The number of rotatable bonds is 4. The molecule has 2 rings (SSSR count). The molecule has 2 atom stereocenters. The molecule has 1 amide bonds. The second-order valence-corrected chi connectivity index (χ2v) is 5.48. The van der Waals surface area contributed by atoms with Gasteiger partial charge in [0.15, 0.2) is 6.10 Å². The highest BCUT2D eigenvalue weighted by Crippen LogP contribution is 2.30. The normalized spacial score (nSPS) is 22.7. The van der Waals surface area contributed by atoms with Crippen LogP contribution in [0.1, 0.15) is 31.4 Å². The first-order valence-corrected chi connectivity index (χ1v) is 6.83. The molecule has 1 aromatic rings. The maximum Gasteiger partial charge on any atom is 0.335 e. The van der Waals surface area contributed by atoms with E-state index < -0.39 is 18.1 Å². The Kier molecular flexibility index (Phi) is 4.52. The lowest BCUT2D eigenvalue weighted by atomic mass is 10.0. The molecule has 1 aliphatic heterocycles. The standard InChI is InChI=1S/C14H19N3O4/c1-8(2)6-17-11(18)7-21-13(14(19)20)12(17)10-4-5-15-9(3)16-10/h4-5,8,12-13H,6-7H2,1-3H3,(H,19,20). The van der Waals surface area contributed by atoms with E-state index in [9.17, 15) is 14.7 Å². The van der Waals surface area contributed by atoms with Crippen molar-refractivity contribution in [3.63, 3.8) is 0 Å². The highest BCUT2D eigenvalue weighted by molar-refractivity contribution is 5.82. The minimum Gasteiger partial charge on any atom is -0.479 e. The number of carboxylic acids is 1. The van der Waals surface area contributed by atoms with Crippen molar-refractivity contribution < 1.29 is 19.4 Å². The lowest BCUT2D eigenvalue weighted by Gasteiger charge is -2.39. The van der Waals surface area contributed by atoms with Crippen LogP contribution in [0.25, 0.3) is 0 Å². The van der Waals surface area contributed by atoms with E-state index in [0.717, 1.165) is 0 Å². The number of aliphatic carboxylic acids is 1. The van der Waals surface area contributed by atoms with Crippen LogP contribution in [0.3, 0.4) is 0 Å². The summed E-state index contributed by atoms with van der Waals surface area (Å²) in [7, 11) is 0. The minimum atomic E-state index is -1.12. The Morgan fingerprint density at radius 2 is 2.29 bits per heavy atom. The van der Waals surface area contributed by atoms with Crippen molar-refractivity contribution in [2.45, 2.75) is 32.9 Å². The van der Waals surface area contributed by atoms with Crippen LogP contribution in [0.15, 0.2) is 12.3 Å². The molecule has 1 aliphatic rings. The molecule has 7 nitrogen and oxygen atoms in total. The monoisotopic (exact) mass is 293 g/mol. The minimum absolute atomic E-state index is 0.215. The van der Waals surface area contributed by atoms with Crippen LogP contribution in [-0.4, -0.2) is 51.1 Å². The summed E-state index contributed by atoms with van der Waals surface area (Å²) in [5.74, 6) is -0.578. The molecular formula is C14H19N3O4. The van der Waals surface area contributed by atoms with E-state index in [2.05, 4.69) is 9.97 Å². The van der Waals surface area contributed by atoms with E-state index in [1.54, 1.807) is 24.1 Å². The first kappa shape index (κ1) is 15.4. The molecule has 0 bridgehead atoms. The molecule has 0 radical (unpaired) electrons. The summed E-state index contributed by atoms with van der Waals surface area (Å²) in [4.78, 5) is 33.4. The van der Waals surface area contributed by atoms with E-state index in [1.165, 1.54) is 0 Å². The fraction of sp³-hybridized carbons (Fsp3) is 0.571. The number of carboxylic acid groups (broad SMARTS) is 1. The molecule has 0 aliphatic carbocycles. The number of ether oxygens (including phenoxy) is 1. The van der Waals surface area contributed by atoms with Crippen LogP contribution in [0.5, 0.6) is 0 Å². The SMILES string of the molecule is Cc1nccc(C2C(C(=O)O)OCC(=O)N2CC(C)C)n1. The topological polar surface area (TPSA) is 92.6 Å². The Balaban J connectivity index is 2.43. The van der Waals surface area contributed by atoms with E-state index >= 15 is 0 Å². The molecule has 2 unspecified atom stereocenters. The number of hydrogen-bond donors (Lipinski definition) is 1. The van der Waals surface area contributed by atoms with E-state index in [4.69, 9.17) is 4.74 Å². The smallest absolute Gasteiger partial charge is 0.335 e. The van der Waals surface area contributed by atoms with Crippen LogP contribution in [0.2, 0.25) is 0 Å². The van der Waals surface area contributed by atoms with Crippen molar-refractivity contribution in [2.75, 3.05) is 13.2 Å². The van der Waals surface area contributed by atoms with Crippen molar-refractivity contribution in [2.24, 2.45) is 5.92 Å². The summed E-state index contributed by atoms with van der Waals surface area (Å²) < 4.78 is 5.22. The zero-order chi connectivity index (χ0) is 15.6. The van der Waals surface area contributed by atoms with Crippen molar-refractivity contribution in [3.8, 4) is 0 Å². The summed E-state index contributed by atoms with van der Waals surface area (Å²) in [6.45, 7) is 5.91. The average Bonchev–Trinajstić information content (AvgIpc) is 2.40. The van der Waals surface area contributed by atoms with Gasteiger partial charge in [-0.05, 0) is 18.9 Å². The fourth-order valence-corrected chi connectivity index (χ4v) is 2.42. The number of carbonyl (C=O) groups is 2. The maximum atomic E-state index is 12.1. The van der Waals surface area contributed by atoms with E-state index in [-0.39, 0.29) is 18.4 Å². The number of morpholine rings is 1. The average molecular weight is 293 g/mol. The first-order chi connectivity index (χ1) is 9.90. The van der Waals surface area contributed by atoms with Gasteiger partial charge in [0.1, 0.15) is 18.5 Å². The van der Waals surface area contributed by atoms with Gasteiger partial charge in [-0.25, -0.2) is 14.8 Å². The summed E-state index contributed by atoms with van der Waals surface area (Å²) in [5, 5.41) is 9.37. The maximum absolute atomic E-state index is 12.1. The Morgan fingerprint density at radius 3 is 2.86 bits per heavy atom. The van der Waals surface area contributed by atoms with Crippen LogP contribution in [-0.2, 0) is 14.3 Å². The fourth-order valence-electron chi connectivity index (χ4n) is 2.42. The van der Waals surface area contributed by atoms with Crippen molar-refractivity contribution >= 4 is 11.9 Å². The van der Waals surface area contributed by atoms with Crippen LogP contribution < -0.4 is 0 Å². The van der Waals surface area contributed by atoms with Crippen molar-refractivity contribution in [1.29, 1.82) is 0 Å². The highest BCUT2D eigenvalue weighted by atomic mass is 16.5. The summed E-state index contributed by atoms with van der Waals surface area (Å²) in [6.07, 6.45) is 0.444. The Labute approximate surface area is 123 Å². The molecule has 1 fully saturated rings. The molecule has 0 spiro atoms. The van der Waals surface area contributed by atoms with Crippen molar-refractivity contribution in [1.82, 2.24) is 14.9 Å². The van der Waals surface area contributed by atoms with Gasteiger partial charge in [-0.3, -0.25) is 4.79 Å². The summed E-state index contributed by atoms with van der Waals surface area (Å²) >= 11 is 0.